The summed E-state index contributed by atoms with van der Waals surface area (Å²) >= 11 is 9.84. The summed E-state index contributed by atoms with van der Waals surface area (Å²) in [6.07, 6.45) is 3.91. The first-order valence-corrected chi connectivity index (χ1v) is 11.9. The molecule has 2 aromatic carbocycles. The predicted molar refractivity (Wildman–Crippen MR) is 140 cm³/mol. The summed E-state index contributed by atoms with van der Waals surface area (Å²) in [7, 11) is 1.44. The molecule has 0 aliphatic heterocycles. The summed E-state index contributed by atoms with van der Waals surface area (Å²) in [5, 5.41) is 15.9. The molecule has 0 N–H and O–H groups in total. The van der Waals surface area contributed by atoms with E-state index in [1.54, 1.807) is 24.3 Å². The molecule has 36 heavy (non-hydrogen) atoms. The second-order valence-corrected chi connectivity index (χ2v) is 8.87. The summed E-state index contributed by atoms with van der Waals surface area (Å²) in [6.45, 7) is 2.00. The van der Waals surface area contributed by atoms with E-state index in [4.69, 9.17) is 21.1 Å². The molecule has 0 aliphatic carbocycles. The van der Waals surface area contributed by atoms with Gasteiger partial charge in [-0.25, -0.2) is 9.97 Å². The lowest BCUT2D eigenvalue weighted by Crippen LogP contribution is -2.22. The van der Waals surface area contributed by atoms with Gasteiger partial charge in [-0.2, -0.15) is 9.78 Å². The van der Waals surface area contributed by atoms with Crippen LogP contribution < -0.4 is 15.0 Å². The Kier molecular flexibility index (Phi) is 7.61. The Morgan fingerprint density at radius 1 is 1.25 bits per heavy atom. The molecule has 12 heteroatoms. The molecule has 0 saturated heterocycles. The zero-order valence-corrected chi connectivity index (χ0v) is 21.5. The van der Waals surface area contributed by atoms with Crippen molar-refractivity contribution in [2.24, 2.45) is 5.10 Å². The first-order chi connectivity index (χ1) is 17.3. The molecule has 0 spiro atoms. The number of ether oxygens (including phenoxy) is 2. The van der Waals surface area contributed by atoms with E-state index >= 15 is 0 Å². The maximum absolute atomic E-state index is 13.2. The summed E-state index contributed by atoms with van der Waals surface area (Å²) < 4.78 is 13.2. The SMILES string of the molecule is CCCc1nc2ccc(Br)cc2c(=O)n1N=Cc1cc(Cl)c(Oc2ccc([N+](=O)[O-])cn2)c(OC)c1. The van der Waals surface area contributed by atoms with Crippen molar-refractivity contribution >= 4 is 50.3 Å². The van der Waals surface area contributed by atoms with Gasteiger partial charge in [0, 0.05) is 23.0 Å². The van der Waals surface area contributed by atoms with Crippen LogP contribution in [0.2, 0.25) is 5.02 Å². The molecule has 4 aromatic rings. The van der Waals surface area contributed by atoms with Crippen LogP contribution in [0.15, 0.2) is 63.0 Å². The van der Waals surface area contributed by atoms with Crippen LogP contribution in [0.25, 0.3) is 10.9 Å². The quantitative estimate of drug-likeness (QED) is 0.150. The molecule has 2 heterocycles. The van der Waals surface area contributed by atoms with E-state index in [1.807, 2.05) is 13.0 Å². The first kappa shape index (κ1) is 25.3. The molecule has 0 radical (unpaired) electrons. The zero-order valence-electron chi connectivity index (χ0n) is 19.1. The Morgan fingerprint density at radius 2 is 2.06 bits per heavy atom. The number of aryl methyl sites for hydroxylation is 1. The fourth-order valence-corrected chi connectivity index (χ4v) is 4.00. The number of methoxy groups -OCH3 is 1. The minimum atomic E-state index is -0.556. The van der Waals surface area contributed by atoms with Crippen LogP contribution in [0, 0.1) is 10.1 Å². The molecule has 0 unspecified atom stereocenters. The summed E-state index contributed by atoms with van der Waals surface area (Å²) in [5.41, 5.74) is 0.692. The maximum Gasteiger partial charge on any atom is 0.287 e. The van der Waals surface area contributed by atoms with Crippen molar-refractivity contribution in [3.63, 3.8) is 0 Å². The van der Waals surface area contributed by atoms with Gasteiger partial charge in [0.2, 0.25) is 5.88 Å². The summed E-state index contributed by atoms with van der Waals surface area (Å²) in [6, 6.07) is 11.2. The van der Waals surface area contributed by atoms with Crippen molar-refractivity contribution in [2.45, 2.75) is 19.8 Å². The van der Waals surface area contributed by atoms with Gasteiger partial charge in [0.15, 0.2) is 11.5 Å². The minimum absolute atomic E-state index is 0.103. The topological polar surface area (TPSA) is 122 Å². The Bertz CT molecular complexity index is 1540. The van der Waals surface area contributed by atoms with Crippen molar-refractivity contribution in [1.82, 2.24) is 14.6 Å². The number of hydrogen-bond acceptors (Lipinski definition) is 8. The van der Waals surface area contributed by atoms with Crippen molar-refractivity contribution in [1.29, 1.82) is 0 Å². The zero-order chi connectivity index (χ0) is 25.8. The van der Waals surface area contributed by atoms with E-state index < -0.39 is 4.92 Å². The lowest BCUT2D eigenvalue weighted by Gasteiger charge is -2.12. The Hall–Kier alpha value is -3.83. The number of aromatic nitrogens is 3. The van der Waals surface area contributed by atoms with E-state index in [9.17, 15) is 14.9 Å². The number of fused-ring (bicyclic) bond motifs is 1. The monoisotopic (exact) mass is 571 g/mol. The number of halogens is 2. The van der Waals surface area contributed by atoms with Gasteiger partial charge in [0.05, 0.1) is 34.2 Å². The molecule has 0 amide bonds. The van der Waals surface area contributed by atoms with Gasteiger partial charge in [-0.05, 0) is 42.3 Å². The third kappa shape index (κ3) is 5.37. The molecule has 4 rings (SSSR count). The van der Waals surface area contributed by atoms with E-state index in [2.05, 4.69) is 31.0 Å². The number of benzene rings is 2. The fraction of sp³-hybridized carbons (Fsp3) is 0.167. The fourth-order valence-electron chi connectivity index (χ4n) is 3.38. The van der Waals surface area contributed by atoms with Crippen molar-refractivity contribution in [2.75, 3.05) is 7.11 Å². The van der Waals surface area contributed by atoms with Crippen LogP contribution in [-0.2, 0) is 6.42 Å². The summed E-state index contributed by atoms with van der Waals surface area (Å²) in [5.74, 6) is 1.10. The lowest BCUT2D eigenvalue weighted by atomic mass is 10.2. The first-order valence-electron chi connectivity index (χ1n) is 10.7. The molecule has 10 nitrogen and oxygen atoms in total. The molecule has 0 aliphatic rings. The predicted octanol–water partition coefficient (Wildman–Crippen LogP) is 5.75. The Labute approximate surface area is 218 Å². The largest absolute Gasteiger partial charge is 0.493 e. The van der Waals surface area contributed by atoms with Gasteiger partial charge in [0.1, 0.15) is 12.0 Å². The van der Waals surface area contributed by atoms with Gasteiger partial charge in [0.25, 0.3) is 11.2 Å². The molecule has 0 fully saturated rings. The third-order valence-electron chi connectivity index (χ3n) is 5.06. The summed E-state index contributed by atoms with van der Waals surface area (Å²) in [4.78, 5) is 32.0. The Morgan fingerprint density at radius 3 is 2.72 bits per heavy atom. The minimum Gasteiger partial charge on any atom is -0.493 e. The van der Waals surface area contributed by atoms with Crippen LogP contribution in [0.3, 0.4) is 0 Å². The maximum atomic E-state index is 13.2. The average Bonchev–Trinajstić information content (AvgIpc) is 2.86. The van der Waals surface area contributed by atoms with E-state index in [-0.39, 0.29) is 33.6 Å². The average molecular weight is 573 g/mol. The Balaban J connectivity index is 1.70. The highest BCUT2D eigenvalue weighted by Gasteiger charge is 2.15. The number of rotatable bonds is 8. The standard InChI is InChI=1S/C24H19BrClN5O5/c1-3-4-21-29-19-7-5-15(25)11-17(19)24(32)30(21)28-12-14-9-18(26)23(20(10-14)35-2)36-22-8-6-16(13-27-22)31(33)34/h5-13H,3-4H2,1-2H3. The molecule has 2 aromatic heterocycles. The van der Waals surface area contributed by atoms with Crippen LogP contribution in [0.5, 0.6) is 17.4 Å². The molecule has 184 valence electrons. The van der Waals surface area contributed by atoms with Gasteiger partial charge >= 0.3 is 0 Å². The van der Waals surface area contributed by atoms with Crippen LogP contribution in [0.1, 0.15) is 24.7 Å². The van der Waals surface area contributed by atoms with Gasteiger partial charge in [-0.15, -0.1) is 0 Å². The lowest BCUT2D eigenvalue weighted by molar-refractivity contribution is -0.385. The van der Waals surface area contributed by atoms with Crippen molar-refractivity contribution < 1.29 is 14.4 Å². The highest BCUT2D eigenvalue weighted by atomic mass is 79.9. The number of pyridine rings is 1. The number of nitro groups is 1. The molecule has 0 atom stereocenters. The van der Waals surface area contributed by atoms with Crippen molar-refractivity contribution in [3.8, 4) is 17.4 Å². The second kappa shape index (κ2) is 10.8. The number of nitrogens with zero attached hydrogens (tertiary/aromatic N) is 5. The van der Waals surface area contributed by atoms with Gasteiger partial charge in [-0.3, -0.25) is 14.9 Å². The third-order valence-corrected chi connectivity index (χ3v) is 5.84. The van der Waals surface area contributed by atoms with Gasteiger partial charge in [-0.1, -0.05) is 34.5 Å². The van der Waals surface area contributed by atoms with Crippen LogP contribution >= 0.6 is 27.5 Å². The number of hydrogen-bond donors (Lipinski definition) is 0. The molecule has 0 saturated carbocycles. The molecular weight excluding hydrogens is 554 g/mol. The van der Waals surface area contributed by atoms with Crippen LogP contribution in [-0.4, -0.2) is 32.9 Å². The van der Waals surface area contributed by atoms with E-state index in [0.717, 1.165) is 17.1 Å². The van der Waals surface area contributed by atoms with Crippen molar-refractivity contribution in [3.05, 3.63) is 90.0 Å². The second-order valence-electron chi connectivity index (χ2n) is 7.55. The van der Waals surface area contributed by atoms with Gasteiger partial charge < -0.3 is 9.47 Å². The van der Waals surface area contributed by atoms with E-state index in [1.165, 1.54) is 30.1 Å². The normalized spacial score (nSPS) is 11.2. The van der Waals surface area contributed by atoms with E-state index in [0.29, 0.717) is 28.7 Å². The molecular formula is C24H19BrClN5O5. The highest BCUT2D eigenvalue weighted by molar-refractivity contribution is 9.10. The smallest absolute Gasteiger partial charge is 0.287 e. The molecule has 0 bridgehead atoms. The highest BCUT2D eigenvalue weighted by Crippen LogP contribution is 2.38. The van der Waals surface area contributed by atoms with Crippen LogP contribution in [0.4, 0.5) is 5.69 Å².